The number of phenolic OH excluding ortho intramolecular Hbond substituents is 1. The summed E-state index contributed by atoms with van der Waals surface area (Å²) >= 11 is 0. The number of aliphatic carboxylic acids is 1. The Morgan fingerprint density at radius 2 is 1.81 bits per heavy atom. The number of allylic oxidation sites excluding steroid dienone is 1. The number of hydrogen-bond donors (Lipinski definition) is 3. The molecule has 0 unspecified atom stereocenters. The summed E-state index contributed by atoms with van der Waals surface area (Å²) < 4.78 is 10.4. The normalized spacial score (nSPS) is 11.3. The first kappa shape index (κ1) is 22.7. The van der Waals surface area contributed by atoms with Crippen molar-refractivity contribution >= 4 is 12.0 Å². The summed E-state index contributed by atoms with van der Waals surface area (Å²) in [5, 5.41) is 29.3. The van der Waals surface area contributed by atoms with E-state index >= 15 is 0 Å². The molecule has 32 heavy (non-hydrogen) atoms. The van der Waals surface area contributed by atoms with E-state index in [1.807, 2.05) is 43.3 Å². The monoisotopic (exact) mass is 436 g/mol. The molecule has 3 N–H and O–H groups in total. The van der Waals surface area contributed by atoms with Gasteiger partial charge in [-0.3, -0.25) is 0 Å². The third-order valence-electron chi connectivity index (χ3n) is 4.77. The maximum atomic E-state index is 12.6. The van der Waals surface area contributed by atoms with Crippen LogP contribution < -0.4 is 10.4 Å². The molecule has 0 aliphatic heterocycles. The average molecular weight is 436 g/mol. The molecule has 3 aromatic rings. The summed E-state index contributed by atoms with van der Waals surface area (Å²) in [6, 6.07) is 15.2. The van der Waals surface area contributed by atoms with Crippen molar-refractivity contribution in [1.29, 1.82) is 0 Å². The molecule has 0 saturated carbocycles. The van der Waals surface area contributed by atoms with Crippen LogP contribution in [0, 0.1) is 0 Å². The zero-order chi connectivity index (χ0) is 23.1. The number of aromatic hydroxyl groups is 2. The number of hydrogen-bond acceptors (Lipinski definition) is 6. The lowest BCUT2D eigenvalue weighted by Gasteiger charge is -2.10. The lowest BCUT2D eigenvalue weighted by molar-refractivity contribution is -0.139. The molecule has 166 valence electrons. The van der Waals surface area contributed by atoms with E-state index in [9.17, 15) is 19.8 Å². The molecule has 0 spiro atoms. The molecule has 0 aliphatic rings. The Morgan fingerprint density at radius 3 is 2.44 bits per heavy atom. The van der Waals surface area contributed by atoms with Crippen molar-refractivity contribution in [3.05, 3.63) is 81.7 Å². The second-order valence-electron chi connectivity index (χ2n) is 7.27. The minimum atomic E-state index is -1.18. The molecule has 0 amide bonds. The van der Waals surface area contributed by atoms with E-state index in [-0.39, 0.29) is 35.0 Å². The van der Waals surface area contributed by atoms with Crippen LogP contribution in [0.2, 0.25) is 0 Å². The first-order valence-corrected chi connectivity index (χ1v) is 10.2. The number of ether oxygens (including phenoxy) is 1. The quantitative estimate of drug-likeness (QED) is 0.448. The summed E-state index contributed by atoms with van der Waals surface area (Å²) in [4.78, 5) is 23.3. The number of rotatable bonds is 9. The number of carbonyl (C=O) groups is 1. The summed E-state index contributed by atoms with van der Waals surface area (Å²) in [5.74, 6) is -1.64. The van der Waals surface area contributed by atoms with Crippen LogP contribution in [0.4, 0.5) is 0 Å². The molecule has 3 rings (SSSR count). The van der Waals surface area contributed by atoms with Gasteiger partial charge >= 0.3 is 11.6 Å². The van der Waals surface area contributed by atoms with Crippen molar-refractivity contribution in [2.75, 3.05) is 6.61 Å². The number of benzene rings is 2. The van der Waals surface area contributed by atoms with Gasteiger partial charge in [0, 0.05) is 18.1 Å². The smallest absolute Gasteiger partial charge is 0.343 e. The van der Waals surface area contributed by atoms with Crippen LogP contribution in [0.1, 0.15) is 30.9 Å². The van der Waals surface area contributed by atoms with Crippen LogP contribution in [0.25, 0.3) is 17.4 Å². The molecule has 2 aromatic carbocycles. The first-order valence-electron chi connectivity index (χ1n) is 10.2. The first-order chi connectivity index (χ1) is 15.4. The second kappa shape index (κ2) is 10.3. The molecular weight excluding hydrogens is 412 g/mol. The van der Waals surface area contributed by atoms with Gasteiger partial charge in [0.2, 0.25) is 0 Å². The van der Waals surface area contributed by atoms with Crippen LogP contribution in [0.5, 0.6) is 17.2 Å². The Labute approximate surface area is 184 Å². The van der Waals surface area contributed by atoms with Gasteiger partial charge in [-0.05, 0) is 30.2 Å². The van der Waals surface area contributed by atoms with Crippen molar-refractivity contribution in [3.8, 4) is 28.6 Å². The lowest BCUT2D eigenvalue weighted by Crippen LogP contribution is -2.10. The zero-order valence-corrected chi connectivity index (χ0v) is 17.6. The van der Waals surface area contributed by atoms with E-state index in [2.05, 4.69) is 0 Å². The van der Waals surface area contributed by atoms with Crippen molar-refractivity contribution in [2.24, 2.45) is 0 Å². The molecule has 0 radical (unpaired) electrons. The number of carboxylic acids is 1. The minimum absolute atomic E-state index is 0.0189. The fourth-order valence-corrected chi connectivity index (χ4v) is 3.29. The largest absolute Gasteiger partial charge is 0.507 e. The molecule has 0 fully saturated rings. The van der Waals surface area contributed by atoms with Crippen LogP contribution in [0.3, 0.4) is 0 Å². The van der Waals surface area contributed by atoms with Crippen LogP contribution >= 0.6 is 0 Å². The van der Waals surface area contributed by atoms with Gasteiger partial charge in [0.15, 0.2) is 18.1 Å². The molecule has 0 atom stereocenters. The lowest BCUT2D eigenvalue weighted by atomic mass is 9.99. The van der Waals surface area contributed by atoms with Gasteiger partial charge < -0.3 is 24.5 Å². The SMILES string of the molecule is CCC/C(=C\c1ccccc1)Cc1c(O)cc(-c2ccc(OCC(=O)O)c(O)c2)oc1=O. The van der Waals surface area contributed by atoms with Crippen molar-refractivity contribution in [2.45, 2.75) is 26.2 Å². The van der Waals surface area contributed by atoms with Crippen molar-refractivity contribution < 1.29 is 29.3 Å². The highest BCUT2D eigenvalue weighted by Crippen LogP contribution is 2.33. The molecule has 1 heterocycles. The second-order valence-corrected chi connectivity index (χ2v) is 7.27. The Hall–Kier alpha value is -4.00. The molecule has 1 aromatic heterocycles. The fraction of sp³-hybridized carbons (Fsp3) is 0.200. The Bertz CT molecular complexity index is 1180. The highest BCUT2D eigenvalue weighted by molar-refractivity contribution is 5.69. The van der Waals surface area contributed by atoms with E-state index < -0.39 is 18.2 Å². The molecule has 7 nitrogen and oxygen atoms in total. The third kappa shape index (κ3) is 5.78. The molecule has 7 heteroatoms. The molecule has 0 saturated heterocycles. The fourth-order valence-electron chi connectivity index (χ4n) is 3.29. The van der Waals surface area contributed by atoms with E-state index in [1.165, 1.54) is 24.3 Å². The predicted octanol–water partition coefficient (Wildman–Crippen LogP) is 4.61. The third-order valence-corrected chi connectivity index (χ3v) is 4.77. The Kier molecular flexibility index (Phi) is 7.33. The van der Waals surface area contributed by atoms with Gasteiger partial charge in [-0.2, -0.15) is 0 Å². The summed E-state index contributed by atoms with van der Waals surface area (Å²) in [6.45, 7) is 1.44. The summed E-state index contributed by atoms with van der Waals surface area (Å²) in [6.07, 6.45) is 3.91. The van der Waals surface area contributed by atoms with Gasteiger partial charge in [-0.15, -0.1) is 0 Å². The van der Waals surface area contributed by atoms with Gasteiger partial charge in [0.05, 0.1) is 5.56 Å². The van der Waals surface area contributed by atoms with Gasteiger partial charge in [-0.25, -0.2) is 9.59 Å². The highest BCUT2D eigenvalue weighted by atomic mass is 16.5. The van der Waals surface area contributed by atoms with E-state index in [1.54, 1.807) is 0 Å². The topological polar surface area (TPSA) is 117 Å². The zero-order valence-electron chi connectivity index (χ0n) is 17.6. The molecule has 0 bridgehead atoms. The average Bonchev–Trinajstić information content (AvgIpc) is 2.76. The van der Waals surface area contributed by atoms with Crippen LogP contribution in [-0.2, 0) is 11.2 Å². The molecule has 0 aliphatic carbocycles. The van der Waals surface area contributed by atoms with E-state index in [0.29, 0.717) is 5.56 Å². The molecular formula is C25H24O7. The van der Waals surface area contributed by atoms with E-state index in [0.717, 1.165) is 24.0 Å². The predicted molar refractivity (Wildman–Crippen MR) is 120 cm³/mol. The van der Waals surface area contributed by atoms with Gasteiger partial charge in [0.25, 0.3) is 0 Å². The summed E-state index contributed by atoms with van der Waals surface area (Å²) in [7, 11) is 0. The minimum Gasteiger partial charge on any atom is -0.507 e. The summed E-state index contributed by atoms with van der Waals surface area (Å²) in [5.41, 5.74) is 1.83. The van der Waals surface area contributed by atoms with Crippen molar-refractivity contribution in [3.63, 3.8) is 0 Å². The van der Waals surface area contributed by atoms with Crippen molar-refractivity contribution in [1.82, 2.24) is 0 Å². The number of phenols is 1. The maximum absolute atomic E-state index is 12.6. The Balaban J connectivity index is 1.88. The maximum Gasteiger partial charge on any atom is 0.343 e. The Morgan fingerprint density at radius 1 is 1.06 bits per heavy atom. The van der Waals surface area contributed by atoms with Crippen LogP contribution in [0.15, 0.2) is 69.4 Å². The van der Waals surface area contributed by atoms with Crippen LogP contribution in [-0.4, -0.2) is 27.9 Å². The highest BCUT2D eigenvalue weighted by Gasteiger charge is 2.16. The van der Waals surface area contributed by atoms with E-state index in [4.69, 9.17) is 14.3 Å². The number of carboxylic acid groups (broad SMARTS) is 1. The van der Waals surface area contributed by atoms with Gasteiger partial charge in [-0.1, -0.05) is 55.3 Å². The standard InChI is InChI=1S/C25H24O7/c1-2-6-17(11-16-7-4-3-5-8-16)12-19-20(26)14-23(32-25(19)30)18-9-10-22(21(27)13-18)31-15-24(28)29/h3-5,7-11,13-14,26-27H,2,6,12,15H2,1H3,(H,28,29)/b17-11+. The van der Waals surface area contributed by atoms with Gasteiger partial charge in [0.1, 0.15) is 11.5 Å².